The van der Waals surface area contributed by atoms with E-state index in [9.17, 15) is 22.4 Å². The molecule has 0 fully saturated rings. The maximum Gasteiger partial charge on any atom is 0.573 e. The Morgan fingerprint density at radius 1 is 1.04 bits per heavy atom. The van der Waals surface area contributed by atoms with E-state index >= 15 is 0 Å². The van der Waals surface area contributed by atoms with Crippen molar-refractivity contribution >= 4 is 17.4 Å². The van der Waals surface area contributed by atoms with E-state index in [0.29, 0.717) is 29.2 Å². The van der Waals surface area contributed by atoms with Gasteiger partial charge in [-0.1, -0.05) is 38.1 Å². The topological polar surface area (TPSA) is 86.3 Å². The lowest BCUT2D eigenvalue weighted by atomic mass is 10.0. The molecule has 0 bridgehead atoms. The summed E-state index contributed by atoms with van der Waals surface area (Å²) in [5.41, 5.74) is 4.91. The molecule has 1 N–H and O–H groups in total. The number of thiazole rings is 1. The van der Waals surface area contributed by atoms with E-state index in [4.69, 9.17) is 0 Å². The second-order valence-corrected chi connectivity index (χ2v) is 11.9. The van der Waals surface area contributed by atoms with E-state index in [-0.39, 0.29) is 23.5 Å². The van der Waals surface area contributed by atoms with Crippen molar-refractivity contribution in [1.82, 2.24) is 24.6 Å². The number of ether oxygens (including phenoxy) is 1. The summed E-state index contributed by atoms with van der Waals surface area (Å²) in [4.78, 5) is 22.0. The summed E-state index contributed by atoms with van der Waals surface area (Å²) in [6.07, 6.45) is -1.88. The number of nitrogens with zero attached hydrogens (tertiary/aromatic N) is 5. The number of carbonyl (C=O) groups excluding carboxylic acids is 1. The lowest BCUT2D eigenvalue weighted by Crippen LogP contribution is -2.32. The average molecular weight is 653 g/mol. The fourth-order valence-electron chi connectivity index (χ4n) is 4.88. The third-order valence-electron chi connectivity index (χ3n) is 7.20. The summed E-state index contributed by atoms with van der Waals surface area (Å²) < 4.78 is 58.5. The zero-order valence-corrected chi connectivity index (χ0v) is 26.4. The number of benzene rings is 3. The van der Waals surface area contributed by atoms with Crippen LogP contribution in [0.4, 0.5) is 22.4 Å². The number of nitrogens with one attached hydrogen (secondary N) is 1. The average Bonchev–Trinajstić information content (AvgIpc) is 3.63. The van der Waals surface area contributed by atoms with E-state index in [2.05, 4.69) is 25.1 Å². The molecule has 5 rings (SSSR count). The van der Waals surface area contributed by atoms with Gasteiger partial charge in [0.15, 0.2) is 10.6 Å². The Labute approximate surface area is 267 Å². The number of alkyl halides is 3. The SMILES string of the molecule is Cc1csc(=NC(=O)NC(C)CCc2ccc(-c3ncn(-c4ccc(OC(F)(F)F)cc4)n3)cc2)n1-c1ccc(F)cc1C(C)C. The molecule has 0 saturated carbocycles. The standard InChI is InChI=1S/C33H32F4N6O2S/c1-20(2)28-17-25(34)11-16-29(28)43-22(4)18-46-32(43)40-31(44)39-21(3)5-6-23-7-9-24(10-8-23)30-38-19-42(41-30)26-12-14-27(15-13-26)45-33(35,36)37/h7-21H,5-6H2,1-4H3,(H,39,44). The Kier molecular flexibility index (Phi) is 9.71. The van der Waals surface area contributed by atoms with Gasteiger partial charge in [-0.2, -0.15) is 4.99 Å². The highest BCUT2D eigenvalue weighted by Gasteiger charge is 2.31. The molecule has 2 amide bonds. The van der Waals surface area contributed by atoms with Crippen molar-refractivity contribution in [2.24, 2.45) is 4.99 Å². The van der Waals surface area contributed by atoms with Crippen molar-refractivity contribution < 1.29 is 27.1 Å². The minimum absolute atomic E-state index is 0.0815. The number of aromatic nitrogens is 4. The number of aryl methyl sites for hydroxylation is 2. The summed E-state index contributed by atoms with van der Waals surface area (Å²) >= 11 is 1.35. The maximum atomic E-state index is 14.0. The molecule has 2 heterocycles. The van der Waals surface area contributed by atoms with E-state index in [1.54, 1.807) is 6.07 Å². The third-order valence-corrected chi connectivity index (χ3v) is 8.15. The van der Waals surface area contributed by atoms with Crippen LogP contribution in [0.1, 0.15) is 49.9 Å². The van der Waals surface area contributed by atoms with Crippen LogP contribution in [0.25, 0.3) is 22.8 Å². The first-order valence-corrected chi connectivity index (χ1v) is 15.4. The summed E-state index contributed by atoms with van der Waals surface area (Å²) in [5.74, 6) is -0.0772. The lowest BCUT2D eigenvalue weighted by molar-refractivity contribution is -0.274. The van der Waals surface area contributed by atoms with Crippen LogP contribution in [0.2, 0.25) is 0 Å². The van der Waals surface area contributed by atoms with Crippen LogP contribution in [0.5, 0.6) is 5.75 Å². The Morgan fingerprint density at radius 2 is 1.76 bits per heavy atom. The van der Waals surface area contributed by atoms with Gasteiger partial charge in [0.05, 0.1) is 11.4 Å². The molecule has 46 heavy (non-hydrogen) atoms. The molecule has 0 aliphatic heterocycles. The quantitative estimate of drug-likeness (QED) is 0.164. The largest absolute Gasteiger partial charge is 0.573 e. The van der Waals surface area contributed by atoms with Crippen LogP contribution in [0.15, 0.2) is 83.4 Å². The highest BCUT2D eigenvalue weighted by atomic mass is 32.1. The van der Waals surface area contributed by atoms with Gasteiger partial charge >= 0.3 is 12.4 Å². The lowest BCUT2D eigenvalue weighted by Gasteiger charge is -2.15. The Hall–Kier alpha value is -4.78. The third kappa shape index (κ3) is 8.08. The first-order chi connectivity index (χ1) is 21.9. The summed E-state index contributed by atoms with van der Waals surface area (Å²) in [7, 11) is 0. The number of amides is 2. The highest BCUT2D eigenvalue weighted by molar-refractivity contribution is 7.07. The van der Waals surface area contributed by atoms with Crippen LogP contribution in [-0.4, -0.2) is 37.8 Å². The van der Waals surface area contributed by atoms with Gasteiger partial charge in [0.1, 0.15) is 17.9 Å². The normalized spacial score (nSPS) is 12.8. The minimum atomic E-state index is -4.76. The molecule has 2 aromatic heterocycles. The van der Waals surface area contributed by atoms with Crippen LogP contribution in [-0.2, 0) is 6.42 Å². The van der Waals surface area contributed by atoms with Crippen LogP contribution in [0, 0.1) is 12.7 Å². The summed E-state index contributed by atoms with van der Waals surface area (Å²) in [6, 6.07) is 17.1. The molecule has 1 atom stereocenters. The van der Waals surface area contributed by atoms with Crippen LogP contribution >= 0.6 is 11.3 Å². The number of rotatable bonds is 9. The second-order valence-electron chi connectivity index (χ2n) is 11.1. The number of urea groups is 1. The predicted octanol–water partition coefficient (Wildman–Crippen LogP) is 7.89. The van der Waals surface area contributed by atoms with Crippen LogP contribution in [0.3, 0.4) is 0 Å². The highest BCUT2D eigenvalue weighted by Crippen LogP contribution is 2.26. The summed E-state index contributed by atoms with van der Waals surface area (Å²) in [5, 5.41) is 9.30. The van der Waals surface area contributed by atoms with Gasteiger partial charge in [-0.3, -0.25) is 4.57 Å². The second kappa shape index (κ2) is 13.7. The van der Waals surface area contributed by atoms with Crippen molar-refractivity contribution in [3.63, 3.8) is 0 Å². The summed E-state index contributed by atoms with van der Waals surface area (Å²) in [6.45, 7) is 7.84. The van der Waals surface area contributed by atoms with Gasteiger partial charge in [0, 0.05) is 22.7 Å². The fraction of sp³-hybridized carbons (Fsp3) is 0.273. The Morgan fingerprint density at radius 3 is 2.43 bits per heavy atom. The van der Waals surface area contributed by atoms with E-state index < -0.39 is 12.4 Å². The van der Waals surface area contributed by atoms with Gasteiger partial charge in [-0.05, 0) is 86.2 Å². The number of hydrogen-bond donors (Lipinski definition) is 1. The van der Waals surface area contributed by atoms with Gasteiger partial charge in [0.25, 0.3) is 0 Å². The van der Waals surface area contributed by atoms with Crippen molar-refractivity contribution in [3.8, 4) is 28.5 Å². The van der Waals surface area contributed by atoms with Crippen molar-refractivity contribution in [2.45, 2.75) is 58.9 Å². The monoisotopic (exact) mass is 652 g/mol. The van der Waals surface area contributed by atoms with Crippen molar-refractivity contribution in [3.05, 3.63) is 106 Å². The van der Waals surface area contributed by atoms with E-state index in [1.807, 2.05) is 61.9 Å². The first-order valence-electron chi connectivity index (χ1n) is 14.6. The molecule has 0 radical (unpaired) electrons. The van der Waals surface area contributed by atoms with Crippen LogP contribution < -0.4 is 14.9 Å². The molecule has 0 spiro atoms. The molecule has 0 aliphatic carbocycles. The van der Waals surface area contributed by atoms with Gasteiger partial charge < -0.3 is 10.1 Å². The van der Waals surface area contributed by atoms with E-state index in [0.717, 1.165) is 28.1 Å². The van der Waals surface area contributed by atoms with Gasteiger partial charge in [-0.25, -0.2) is 18.9 Å². The van der Waals surface area contributed by atoms with E-state index in [1.165, 1.54) is 58.7 Å². The number of carbonyl (C=O) groups is 1. The Balaban J connectivity index is 1.18. The molecule has 0 aliphatic rings. The zero-order chi connectivity index (χ0) is 33.0. The smallest absolute Gasteiger partial charge is 0.406 e. The van der Waals surface area contributed by atoms with Crippen molar-refractivity contribution in [2.75, 3.05) is 0 Å². The molecule has 13 heteroatoms. The Bertz CT molecular complexity index is 1880. The molecule has 0 saturated heterocycles. The first kappa shape index (κ1) is 32.6. The molecule has 3 aromatic carbocycles. The zero-order valence-electron chi connectivity index (χ0n) is 25.5. The molecular weight excluding hydrogens is 620 g/mol. The maximum absolute atomic E-state index is 14.0. The fourth-order valence-corrected chi connectivity index (χ4v) is 5.75. The predicted molar refractivity (Wildman–Crippen MR) is 168 cm³/mol. The molecule has 5 aromatic rings. The number of halogens is 4. The molecule has 1 unspecified atom stereocenters. The molecule has 8 nitrogen and oxygen atoms in total. The van der Waals surface area contributed by atoms with Gasteiger partial charge in [-0.15, -0.1) is 29.6 Å². The molecule has 240 valence electrons. The molecular formula is C33H32F4N6O2S. The minimum Gasteiger partial charge on any atom is -0.406 e. The van der Waals surface area contributed by atoms with Crippen molar-refractivity contribution in [1.29, 1.82) is 0 Å². The van der Waals surface area contributed by atoms with Gasteiger partial charge in [0.2, 0.25) is 0 Å². The number of hydrogen-bond acceptors (Lipinski definition) is 5.